The molecule has 0 heterocycles. The van der Waals surface area contributed by atoms with Crippen LogP contribution in [0.4, 0.5) is 0 Å². The first kappa shape index (κ1) is 9.93. The fraction of sp³-hybridized carbons (Fsp3) is 0.500. The topological polar surface area (TPSA) is 0 Å². The third kappa shape index (κ3) is 8.84. The SMILES string of the molecule is C=CC(C)Cl.[MgH2]. The van der Waals surface area contributed by atoms with E-state index in [1.54, 1.807) is 6.08 Å². The lowest BCUT2D eigenvalue weighted by Crippen LogP contribution is -1.75. The van der Waals surface area contributed by atoms with E-state index in [0.717, 1.165) is 0 Å². The van der Waals surface area contributed by atoms with Crippen LogP contribution < -0.4 is 0 Å². The van der Waals surface area contributed by atoms with Gasteiger partial charge in [0.25, 0.3) is 0 Å². The maximum atomic E-state index is 5.34. The van der Waals surface area contributed by atoms with Crippen LogP contribution in [0, 0.1) is 0 Å². The average Bonchev–Trinajstić information content (AvgIpc) is 1.38. The van der Waals surface area contributed by atoms with Crippen LogP contribution in [0.1, 0.15) is 6.92 Å². The van der Waals surface area contributed by atoms with Crippen LogP contribution in [0.15, 0.2) is 12.7 Å². The largest absolute Gasteiger partial charge is 0.316 e. The van der Waals surface area contributed by atoms with Crippen LogP contribution in [0.3, 0.4) is 0 Å². The normalized spacial score (nSPS) is 11.7. The molecule has 6 heavy (non-hydrogen) atoms. The summed E-state index contributed by atoms with van der Waals surface area (Å²) in [5, 5.41) is 0.120. The summed E-state index contributed by atoms with van der Waals surface area (Å²) in [5.74, 6) is 0. The van der Waals surface area contributed by atoms with Gasteiger partial charge < -0.3 is 0 Å². The molecule has 0 aliphatic rings. The van der Waals surface area contributed by atoms with Crippen molar-refractivity contribution in [1.82, 2.24) is 0 Å². The van der Waals surface area contributed by atoms with E-state index in [2.05, 4.69) is 6.58 Å². The first-order valence-corrected chi connectivity index (χ1v) is 1.97. The van der Waals surface area contributed by atoms with Crippen LogP contribution in [-0.2, 0) is 0 Å². The Morgan fingerprint density at radius 2 is 2.00 bits per heavy atom. The maximum absolute atomic E-state index is 5.34. The second kappa shape index (κ2) is 5.80. The van der Waals surface area contributed by atoms with Gasteiger partial charge in [0.1, 0.15) is 0 Å². The standard InChI is InChI=1S/C4H7Cl.Mg.2H/c1-3-4(2)5;;;/h3-4H,1H2,2H3;;;. The Morgan fingerprint density at radius 1 is 1.83 bits per heavy atom. The molecule has 0 spiro atoms. The Kier molecular flexibility index (Phi) is 9.59. The molecule has 0 aromatic rings. The number of alkyl halides is 1. The number of halogens is 1. The number of hydrogen-bond donors (Lipinski definition) is 0. The van der Waals surface area contributed by atoms with Crippen LogP contribution in [0.2, 0.25) is 0 Å². The molecule has 0 aliphatic heterocycles. The molecule has 0 fully saturated rings. The van der Waals surface area contributed by atoms with E-state index in [0.29, 0.717) is 0 Å². The van der Waals surface area contributed by atoms with Gasteiger partial charge in [0.2, 0.25) is 0 Å². The van der Waals surface area contributed by atoms with E-state index < -0.39 is 0 Å². The molecular formula is C4H9ClMg. The smallest absolute Gasteiger partial charge is 0.119 e. The molecule has 0 N–H and O–H groups in total. The fourth-order valence-corrected chi connectivity index (χ4v) is 0. The van der Waals surface area contributed by atoms with Gasteiger partial charge >= 0.3 is 23.1 Å². The molecule has 0 aromatic carbocycles. The minimum atomic E-state index is 0. The van der Waals surface area contributed by atoms with Crippen LogP contribution in [-0.4, -0.2) is 28.4 Å². The molecular weight excluding hydrogens is 108 g/mol. The van der Waals surface area contributed by atoms with Crippen molar-refractivity contribution in [3.63, 3.8) is 0 Å². The summed E-state index contributed by atoms with van der Waals surface area (Å²) < 4.78 is 0. The van der Waals surface area contributed by atoms with Crippen LogP contribution >= 0.6 is 11.6 Å². The van der Waals surface area contributed by atoms with Gasteiger partial charge in [0.05, 0.1) is 0 Å². The predicted molar refractivity (Wildman–Crippen MR) is 34.1 cm³/mol. The highest BCUT2D eigenvalue weighted by Crippen LogP contribution is 1.89. The molecule has 1 unspecified atom stereocenters. The van der Waals surface area contributed by atoms with Crippen molar-refractivity contribution in [1.29, 1.82) is 0 Å². The van der Waals surface area contributed by atoms with E-state index in [9.17, 15) is 0 Å². The lowest BCUT2D eigenvalue weighted by atomic mass is 10.5. The third-order valence-corrected chi connectivity index (χ3v) is 0.503. The summed E-state index contributed by atoms with van der Waals surface area (Å²) in [4.78, 5) is 0. The van der Waals surface area contributed by atoms with Crippen LogP contribution in [0.25, 0.3) is 0 Å². The molecule has 0 saturated heterocycles. The zero-order valence-corrected chi connectivity index (χ0v) is 4.00. The summed E-state index contributed by atoms with van der Waals surface area (Å²) in [5.41, 5.74) is 0. The second-order valence-electron chi connectivity index (χ2n) is 0.913. The molecule has 34 valence electrons. The summed E-state index contributed by atoms with van der Waals surface area (Å²) in [7, 11) is 0. The third-order valence-electron chi connectivity index (χ3n) is 0.325. The zero-order valence-electron chi connectivity index (χ0n) is 3.24. The van der Waals surface area contributed by atoms with Crippen molar-refractivity contribution in [2.75, 3.05) is 0 Å². The molecule has 0 rings (SSSR count). The van der Waals surface area contributed by atoms with Crippen molar-refractivity contribution in [3.05, 3.63) is 12.7 Å². The first-order chi connectivity index (χ1) is 2.27. The highest BCUT2D eigenvalue weighted by Gasteiger charge is 1.77. The lowest BCUT2D eigenvalue weighted by Gasteiger charge is -1.81. The van der Waals surface area contributed by atoms with Crippen molar-refractivity contribution in [2.24, 2.45) is 0 Å². The van der Waals surface area contributed by atoms with Gasteiger partial charge in [-0.05, 0) is 6.92 Å². The second-order valence-corrected chi connectivity index (χ2v) is 1.60. The van der Waals surface area contributed by atoms with E-state index in [1.807, 2.05) is 6.92 Å². The summed E-state index contributed by atoms with van der Waals surface area (Å²) in [6.07, 6.45) is 1.68. The van der Waals surface area contributed by atoms with Crippen LogP contribution in [0.5, 0.6) is 0 Å². The molecule has 0 aliphatic carbocycles. The van der Waals surface area contributed by atoms with Gasteiger partial charge in [0, 0.05) is 5.38 Å². The van der Waals surface area contributed by atoms with Gasteiger partial charge in [-0.15, -0.1) is 18.2 Å². The average molecular weight is 117 g/mol. The summed E-state index contributed by atoms with van der Waals surface area (Å²) in [6, 6.07) is 0. The van der Waals surface area contributed by atoms with Gasteiger partial charge in [-0.1, -0.05) is 6.08 Å². The lowest BCUT2D eigenvalue weighted by molar-refractivity contribution is 1.24. The highest BCUT2D eigenvalue weighted by molar-refractivity contribution is 6.21. The molecule has 2 heteroatoms. The summed E-state index contributed by atoms with van der Waals surface area (Å²) >= 11 is 5.34. The molecule has 1 atom stereocenters. The highest BCUT2D eigenvalue weighted by atomic mass is 35.5. The quantitative estimate of drug-likeness (QED) is 0.271. The Morgan fingerprint density at radius 3 is 2.00 bits per heavy atom. The van der Waals surface area contributed by atoms with Crippen molar-refractivity contribution >= 4 is 34.7 Å². The fourth-order valence-electron chi connectivity index (χ4n) is 0. The molecule has 0 amide bonds. The van der Waals surface area contributed by atoms with Crippen molar-refractivity contribution in [2.45, 2.75) is 12.3 Å². The van der Waals surface area contributed by atoms with E-state index in [4.69, 9.17) is 11.6 Å². The zero-order chi connectivity index (χ0) is 4.28. The summed E-state index contributed by atoms with van der Waals surface area (Å²) in [6.45, 7) is 5.30. The first-order valence-electron chi connectivity index (χ1n) is 1.54. The minimum absolute atomic E-state index is 0. The maximum Gasteiger partial charge on any atom is 0.316 e. The van der Waals surface area contributed by atoms with Crippen molar-refractivity contribution in [3.8, 4) is 0 Å². The van der Waals surface area contributed by atoms with Gasteiger partial charge in [0.15, 0.2) is 0 Å². The molecule has 0 aromatic heterocycles. The van der Waals surface area contributed by atoms with Gasteiger partial charge in [-0.2, -0.15) is 0 Å². The Bertz CT molecular complexity index is 34.5. The molecule has 0 nitrogen and oxygen atoms in total. The van der Waals surface area contributed by atoms with E-state index in [1.165, 1.54) is 0 Å². The molecule has 0 saturated carbocycles. The number of hydrogen-bond acceptors (Lipinski definition) is 0. The monoisotopic (exact) mass is 116 g/mol. The predicted octanol–water partition coefficient (Wildman–Crippen LogP) is 0.883. The number of allylic oxidation sites excluding steroid dienone is 1. The Labute approximate surface area is 59.7 Å². The Balaban J connectivity index is 0. The van der Waals surface area contributed by atoms with Gasteiger partial charge in [-0.3, -0.25) is 0 Å². The minimum Gasteiger partial charge on any atom is -0.119 e. The van der Waals surface area contributed by atoms with Crippen molar-refractivity contribution < 1.29 is 0 Å². The van der Waals surface area contributed by atoms with Gasteiger partial charge in [-0.25, -0.2) is 0 Å². The molecule has 0 bridgehead atoms. The van der Waals surface area contributed by atoms with E-state index >= 15 is 0 Å². The molecule has 0 radical (unpaired) electrons. The van der Waals surface area contributed by atoms with E-state index in [-0.39, 0.29) is 28.4 Å². The number of rotatable bonds is 1. The Hall–Kier alpha value is 0.796.